The SMILES string of the molecule is CNC1CCC=NC2=C(C(C)c3oc4ccccc4c(=O)c3-c3ccccc3)CN=C(c3ccc4cn[nH]c4c3)C21. The number of nitrogens with one attached hydrogen (secondary N) is 2. The molecule has 3 unspecified atom stereocenters. The molecule has 2 aromatic heterocycles. The van der Waals surface area contributed by atoms with Gasteiger partial charge in [-0.1, -0.05) is 61.5 Å². The summed E-state index contributed by atoms with van der Waals surface area (Å²) in [7, 11) is 2.01. The van der Waals surface area contributed by atoms with E-state index in [0.717, 1.165) is 51.9 Å². The minimum atomic E-state index is -0.215. The van der Waals surface area contributed by atoms with Crippen LogP contribution in [0.2, 0.25) is 0 Å². The molecule has 0 spiro atoms. The summed E-state index contributed by atoms with van der Waals surface area (Å²) in [4.78, 5) is 24.2. The molecule has 5 aromatic rings. The van der Waals surface area contributed by atoms with Gasteiger partial charge in [0, 0.05) is 23.6 Å². The lowest BCUT2D eigenvalue weighted by molar-refractivity contribution is 0.465. The van der Waals surface area contributed by atoms with E-state index in [4.69, 9.17) is 14.4 Å². The number of dihydropyridines is 1. The predicted octanol–water partition coefficient (Wildman–Crippen LogP) is 6.27. The quantitative estimate of drug-likeness (QED) is 0.274. The maximum atomic E-state index is 13.9. The summed E-state index contributed by atoms with van der Waals surface area (Å²) in [5.41, 5.74) is 7.18. The molecule has 0 saturated heterocycles. The number of H-pyrrole nitrogens is 1. The lowest BCUT2D eigenvalue weighted by atomic mass is 9.79. The van der Waals surface area contributed by atoms with E-state index in [-0.39, 0.29) is 23.3 Å². The first-order valence-electron chi connectivity index (χ1n) is 14.2. The van der Waals surface area contributed by atoms with Crippen molar-refractivity contribution in [2.75, 3.05) is 13.6 Å². The van der Waals surface area contributed by atoms with Gasteiger partial charge in [-0.15, -0.1) is 0 Å². The number of hydrogen-bond acceptors (Lipinski definition) is 6. The Labute approximate surface area is 237 Å². The molecule has 0 fully saturated rings. The van der Waals surface area contributed by atoms with Gasteiger partial charge in [-0.25, -0.2) is 0 Å². The summed E-state index contributed by atoms with van der Waals surface area (Å²) in [6.45, 7) is 2.59. The van der Waals surface area contributed by atoms with Crippen LogP contribution in [-0.2, 0) is 0 Å². The molecule has 2 N–H and O–H groups in total. The molecule has 0 radical (unpaired) electrons. The fraction of sp³-hybridized carbons (Fsp3) is 0.235. The molecule has 2 aliphatic heterocycles. The Morgan fingerprint density at radius 3 is 2.71 bits per heavy atom. The van der Waals surface area contributed by atoms with Gasteiger partial charge in [-0.2, -0.15) is 5.10 Å². The van der Waals surface area contributed by atoms with E-state index < -0.39 is 0 Å². The molecule has 0 bridgehead atoms. The zero-order valence-corrected chi connectivity index (χ0v) is 23.1. The van der Waals surface area contributed by atoms with Crippen LogP contribution in [0.4, 0.5) is 0 Å². The van der Waals surface area contributed by atoms with Crippen LogP contribution in [0, 0.1) is 5.92 Å². The maximum Gasteiger partial charge on any atom is 0.200 e. The monoisotopic (exact) mass is 541 g/mol. The minimum Gasteiger partial charge on any atom is -0.460 e. The second kappa shape index (κ2) is 10.4. The number of hydrogen-bond donors (Lipinski definition) is 2. The standard InChI is InChI=1S/C34H31N5O2/c1-20(34-29(21-9-4-3-5-10-21)33(40)24-11-6-7-13-28(24)41-34)25-19-37-31(22-14-15-23-18-38-39-27(23)17-22)30-26(35-2)12-8-16-36-32(25)30/h3-7,9-11,13-18,20,26,30,35H,8,12,19H2,1-2H3,(H,38,39). The van der Waals surface area contributed by atoms with Crippen molar-refractivity contribution in [3.8, 4) is 11.1 Å². The molecule has 7 rings (SSSR count). The number of benzene rings is 3. The summed E-state index contributed by atoms with van der Waals surface area (Å²) in [5.74, 6) is 0.393. The molecule has 7 nitrogen and oxygen atoms in total. The summed E-state index contributed by atoms with van der Waals surface area (Å²) in [6.07, 6.45) is 5.69. The topological polar surface area (TPSA) is 95.6 Å². The van der Waals surface area contributed by atoms with Gasteiger partial charge < -0.3 is 9.73 Å². The van der Waals surface area contributed by atoms with E-state index in [9.17, 15) is 4.79 Å². The van der Waals surface area contributed by atoms with Crippen molar-refractivity contribution in [2.24, 2.45) is 15.9 Å². The first-order chi connectivity index (χ1) is 20.1. The third-order valence-corrected chi connectivity index (χ3v) is 8.49. The molecule has 0 amide bonds. The number of rotatable bonds is 5. The molecular formula is C34H31N5O2. The van der Waals surface area contributed by atoms with Crippen LogP contribution in [0.15, 0.2) is 109 Å². The van der Waals surface area contributed by atoms with Crippen LogP contribution in [0.1, 0.15) is 37.0 Å². The maximum absolute atomic E-state index is 13.9. The van der Waals surface area contributed by atoms with Crippen LogP contribution in [-0.4, -0.2) is 41.8 Å². The van der Waals surface area contributed by atoms with E-state index in [1.807, 2.05) is 74.1 Å². The Morgan fingerprint density at radius 2 is 1.85 bits per heavy atom. The van der Waals surface area contributed by atoms with Gasteiger partial charge >= 0.3 is 0 Å². The van der Waals surface area contributed by atoms with E-state index in [0.29, 0.717) is 28.8 Å². The molecule has 7 heteroatoms. The number of aliphatic imine (C=N–C) groups is 2. The number of aromatic nitrogens is 2. The number of para-hydroxylation sites is 1. The van der Waals surface area contributed by atoms with Crippen molar-refractivity contribution in [1.82, 2.24) is 15.5 Å². The fourth-order valence-electron chi connectivity index (χ4n) is 6.34. The fourth-order valence-corrected chi connectivity index (χ4v) is 6.34. The summed E-state index contributed by atoms with van der Waals surface area (Å²) in [6, 6.07) is 23.8. The van der Waals surface area contributed by atoms with Gasteiger partial charge in [0.05, 0.1) is 46.5 Å². The highest BCUT2D eigenvalue weighted by molar-refractivity contribution is 6.07. The van der Waals surface area contributed by atoms with Gasteiger partial charge in [0.1, 0.15) is 11.3 Å². The second-order valence-electron chi connectivity index (χ2n) is 10.8. The van der Waals surface area contributed by atoms with Crippen molar-refractivity contribution in [3.05, 3.63) is 112 Å². The van der Waals surface area contributed by atoms with Crippen LogP contribution >= 0.6 is 0 Å². The Kier molecular flexibility index (Phi) is 6.44. The van der Waals surface area contributed by atoms with E-state index in [1.165, 1.54) is 0 Å². The predicted molar refractivity (Wildman–Crippen MR) is 165 cm³/mol. The highest BCUT2D eigenvalue weighted by Gasteiger charge is 2.37. The first kappa shape index (κ1) is 25.4. The highest BCUT2D eigenvalue weighted by Crippen LogP contribution is 2.41. The smallest absolute Gasteiger partial charge is 0.200 e. The zero-order valence-electron chi connectivity index (χ0n) is 23.1. The number of fused-ring (bicyclic) bond motifs is 3. The number of nitrogens with zero attached hydrogens (tertiary/aromatic N) is 3. The normalized spacial score (nSPS) is 19.7. The Hall–Kier alpha value is -4.62. The van der Waals surface area contributed by atoms with E-state index in [2.05, 4.69) is 40.6 Å². The van der Waals surface area contributed by atoms with Crippen LogP contribution in [0.5, 0.6) is 0 Å². The van der Waals surface area contributed by atoms with Gasteiger partial charge in [0.25, 0.3) is 0 Å². The van der Waals surface area contributed by atoms with Gasteiger partial charge in [-0.05, 0) is 54.8 Å². The average Bonchev–Trinajstić information content (AvgIpc) is 3.38. The molecule has 0 aliphatic carbocycles. The molecular weight excluding hydrogens is 510 g/mol. The van der Waals surface area contributed by atoms with Crippen molar-refractivity contribution in [1.29, 1.82) is 0 Å². The Morgan fingerprint density at radius 1 is 1.02 bits per heavy atom. The first-order valence-corrected chi connectivity index (χ1v) is 14.2. The molecule has 2 aliphatic rings. The average molecular weight is 542 g/mol. The molecule has 3 atom stereocenters. The molecule has 0 saturated carbocycles. The zero-order chi connectivity index (χ0) is 27.9. The Balaban J connectivity index is 1.41. The lowest BCUT2D eigenvalue weighted by Gasteiger charge is -2.33. The second-order valence-corrected chi connectivity index (χ2v) is 10.8. The summed E-state index contributed by atoms with van der Waals surface area (Å²) < 4.78 is 6.60. The number of aromatic amines is 1. The molecule has 4 heterocycles. The highest BCUT2D eigenvalue weighted by atomic mass is 16.3. The third kappa shape index (κ3) is 4.33. The van der Waals surface area contributed by atoms with Crippen molar-refractivity contribution in [3.63, 3.8) is 0 Å². The third-order valence-electron chi connectivity index (χ3n) is 8.49. The van der Waals surface area contributed by atoms with Crippen molar-refractivity contribution >= 4 is 33.8 Å². The Bertz CT molecular complexity index is 1910. The summed E-state index contributed by atoms with van der Waals surface area (Å²) >= 11 is 0. The van der Waals surface area contributed by atoms with Crippen LogP contribution in [0.3, 0.4) is 0 Å². The van der Waals surface area contributed by atoms with Gasteiger partial charge in [-0.3, -0.25) is 19.9 Å². The largest absolute Gasteiger partial charge is 0.460 e. The van der Waals surface area contributed by atoms with Crippen LogP contribution < -0.4 is 10.7 Å². The van der Waals surface area contributed by atoms with E-state index in [1.54, 1.807) is 0 Å². The van der Waals surface area contributed by atoms with Crippen molar-refractivity contribution in [2.45, 2.75) is 31.7 Å². The molecule has 204 valence electrons. The van der Waals surface area contributed by atoms with Crippen LogP contribution in [0.25, 0.3) is 33.0 Å². The molecule has 3 aromatic carbocycles. The van der Waals surface area contributed by atoms with Gasteiger partial charge in [0.15, 0.2) is 0 Å². The van der Waals surface area contributed by atoms with E-state index >= 15 is 0 Å². The van der Waals surface area contributed by atoms with Gasteiger partial charge in [0.2, 0.25) is 5.43 Å². The minimum absolute atomic E-state index is 0.0209. The summed E-state index contributed by atoms with van der Waals surface area (Å²) in [5, 5.41) is 12.5. The van der Waals surface area contributed by atoms with Crippen molar-refractivity contribution < 1.29 is 4.42 Å². The lowest BCUT2D eigenvalue weighted by Crippen LogP contribution is -2.41. The molecule has 41 heavy (non-hydrogen) atoms.